The van der Waals surface area contributed by atoms with Crippen LogP contribution in [0.5, 0.6) is 0 Å². The highest BCUT2D eigenvalue weighted by Gasteiger charge is 2.34. The molecule has 0 atom stereocenters. The van der Waals surface area contributed by atoms with Gasteiger partial charge in [0.1, 0.15) is 5.82 Å². The van der Waals surface area contributed by atoms with Crippen LogP contribution in [0, 0.1) is 18.2 Å². The van der Waals surface area contributed by atoms with E-state index < -0.39 is 23.5 Å². The number of nitrogens with one attached hydrogen (secondary N) is 1. The summed E-state index contributed by atoms with van der Waals surface area (Å²) in [6.07, 6.45) is 0.603. The number of halogens is 4. The van der Waals surface area contributed by atoms with E-state index in [-0.39, 0.29) is 28.9 Å². The number of amides is 1. The molecule has 1 aliphatic rings. The zero-order valence-corrected chi connectivity index (χ0v) is 16.4. The maximum absolute atomic E-state index is 13.7. The lowest BCUT2D eigenvalue weighted by atomic mass is 10.0. The molecule has 4 nitrogen and oxygen atoms in total. The number of rotatable bonds is 4. The van der Waals surface area contributed by atoms with Crippen LogP contribution in [0.25, 0.3) is 0 Å². The normalized spacial score (nSPS) is 15.6. The highest BCUT2D eigenvalue weighted by atomic mass is 19.4. The SMILES string of the molecule is C#Cc1cc(NC(=O)c2ccc(CN3CCN(C)CC3)c(C(F)(F)F)c2)ccc1F. The van der Waals surface area contributed by atoms with Crippen LogP contribution in [0.15, 0.2) is 36.4 Å². The minimum atomic E-state index is -4.59. The first-order valence-electron chi connectivity index (χ1n) is 9.36. The van der Waals surface area contributed by atoms with Gasteiger partial charge in [0.05, 0.1) is 11.1 Å². The molecular weight excluding hydrogens is 398 g/mol. The summed E-state index contributed by atoms with van der Waals surface area (Å²) in [7, 11) is 1.97. The lowest BCUT2D eigenvalue weighted by Gasteiger charge is -2.33. The van der Waals surface area contributed by atoms with Gasteiger partial charge in [0.15, 0.2) is 0 Å². The molecule has 0 spiro atoms. The standard InChI is InChI=1S/C22H21F4N3O/c1-3-15-12-18(6-7-20(15)23)27-21(30)16-4-5-17(19(13-16)22(24,25)26)14-29-10-8-28(2)9-11-29/h1,4-7,12-13H,8-11,14H2,2H3,(H,27,30). The number of carbonyl (C=O) groups excluding carboxylic acids is 1. The average Bonchev–Trinajstić information content (AvgIpc) is 2.70. The Morgan fingerprint density at radius 3 is 2.47 bits per heavy atom. The van der Waals surface area contributed by atoms with Gasteiger partial charge in [0, 0.05) is 44.0 Å². The van der Waals surface area contributed by atoms with E-state index in [4.69, 9.17) is 6.42 Å². The number of hydrogen-bond donors (Lipinski definition) is 1. The topological polar surface area (TPSA) is 35.6 Å². The van der Waals surface area contributed by atoms with Crippen LogP contribution in [0.2, 0.25) is 0 Å². The Balaban J connectivity index is 1.82. The molecule has 8 heteroatoms. The molecule has 2 aromatic carbocycles. The van der Waals surface area contributed by atoms with Gasteiger partial charge in [-0.05, 0) is 42.9 Å². The van der Waals surface area contributed by atoms with Crippen molar-refractivity contribution < 1.29 is 22.4 Å². The first-order valence-corrected chi connectivity index (χ1v) is 9.36. The van der Waals surface area contributed by atoms with Gasteiger partial charge in [-0.3, -0.25) is 9.69 Å². The summed E-state index contributed by atoms with van der Waals surface area (Å²) in [5, 5.41) is 2.46. The van der Waals surface area contributed by atoms with Crippen molar-refractivity contribution in [2.75, 3.05) is 38.5 Å². The predicted octanol–water partition coefficient (Wildman–Crippen LogP) is 3.83. The lowest BCUT2D eigenvalue weighted by molar-refractivity contribution is -0.138. The predicted molar refractivity (Wildman–Crippen MR) is 107 cm³/mol. The van der Waals surface area contributed by atoms with Crippen LogP contribution in [-0.2, 0) is 12.7 Å². The van der Waals surface area contributed by atoms with Crippen molar-refractivity contribution in [1.29, 1.82) is 0 Å². The number of nitrogens with zero attached hydrogens (tertiary/aromatic N) is 2. The van der Waals surface area contributed by atoms with Crippen molar-refractivity contribution in [3.63, 3.8) is 0 Å². The maximum Gasteiger partial charge on any atom is 0.416 e. The highest BCUT2D eigenvalue weighted by Crippen LogP contribution is 2.33. The first kappa shape index (κ1) is 21.8. The fourth-order valence-corrected chi connectivity index (χ4v) is 3.28. The van der Waals surface area contributed by atoms with Gasteiger partial charge in [-0.1, -0.05) is 12.0 Å². The van der Waals surface area contributed by atoms with Crippen molar-refractivity contribution in [3.8, 4) is 12.3 Å². The second kappa shape index (κ2) is 8.86. The molecule has 1 fully saturated rings. The van der Waals surface area contributed by atoms with Gasteiger partial charge in [-0.2, -0.15) is 13.2 Å². The second-order valence-corrected chi connectivity index (χ2v) is 7.24. The molecule has 0 unspecified atom stereocenters. The summed E-state index contributed by atoms with van der Waals surface area (Å²) >= 11 is 0. The van der Waals surface area contributed by atoms with Gasteiger partial charge in [0.25, 0.3) is 5.91 Å². The second-order valence-electron chi connectivity index (χ2n) is 7.24. The van der Waals surface area contributed by atoms with Crippen LogP contribution < -0.4 is 5.32 Å². The Morgan fingerprint density at radius 2 is 1.83 bits per heavy atom. The van der Waals surface area contributed by atoms with Crippen molar-refractivity contribution >= 4 is 11.6 Å². The Bertz CT molecular complexity index is 973. The number of alkyl halides is 3. The van der Waals surface area contributed by atoms with Crippen molar-refractivity contribution in [1.82, 2.24) is 9.80 Å². The third kappa shape index (κ3) is 5.17. The van der Waals surface area contributed by atoms with Crippen LogP contribution >= 0.6 is 0 Å². The van der Waals surface area contributed by atoms with Crippen molar-refractivity contribution in [2.24, 2.45) is 0 Å². The van der Waals surface area contributed by atoms with Gasteiger partial charge in [-0.15, -0.1) is 6.42 Å². The number of carbonyl (C=O) groups is 1. The molecule has 1 heterocycles. The molecule has 1 N–H and O–H groups in total. The van der Waals surface area contributed by atoms with E-state index in [0.29, 0.717) is 13.1 Å². The minimum Gasteiger partial charge on any atom is -0.322 e. The van der Waals surface area contributed by atoms with E-state index in [1.54, 1.807) is 0 Å². The molecule has 2 aromatic rings. The number of anilines is 1. The van der Waals surface area contributed by atoms with Gasteiger partial charge < -0.3 is 10.2 Å². The summed E-state index contributed by atoms with van der Waals surface area (Å²) in [6, 6.07) is 7.19. The lowest BCUT2D eigenvalue weighted by Crippen LogP contribution is -2.44. The summed E-state index contributed by atoms with van der Waals surface area (Å²) in [4.78, 5) is 16.6. The van der Waals surface area contributed by atoms with Gasteiger partial charge in [-0.25, -0.2) is 4.39 Å². The summed E-state index contributed by atoms with van der Waals surface area (Å²) in [5.41, 5.74) is -0.704. The Labute approximate surface area is 172 Å². The van der Waals surface area contributed by atoms with Crippen LogP contribution in [0.1, 0.15) is 27.0 Å². The third-order valence-corrected chi connectivity index (χ3v) is 5.05. The molecule has 0 radical (unpaired) electrons. The number of benzene rings is 2. The van der Waals surface area contributed by atoms with E-state index in [1.807, 2.05) is 11.9 Å². The fraction of sp³-hybridized carbons (Fsp3) is 0.318. The molecule has 0 bridgehead atoms. The minimum absolute atomic E-state index is 0.0497. The summed E-state index contributed by atoms with van der Waals surface area (Å²) in [6.45, 7) is 3.10. The largest absolute Gasteiger partial charge is 0.416 e. The molecule has 1 saturated heterocycles. The quantitative estimate of drug-likeness (QED) is 0.605. The number of likely N-dealkylation sites (N-methyl/N-ethyl adjacent to an activating group) is 1. The molecule has 1 aliphatic heterocycles. The van der Waals surface area contributed by atoms with E-state index in [9.17, 15) is 22.4 Å². The molecule has 30 heavy (non-hydrogen) atoms. The van der Waals surface area contributed by atoms with Gasteiger partial charge in [0.2, 0.25) is 0 Å². The maximum atomic E-state index is 13.7. The van der Waals surface area contributed by atoms with E-state index >= 15 is 0 Å². The summed E-state index contributed by atoms with van der Waals surface area (Å²) in [5.74, 6) is 0.787. The molecule has 3 rings (SSSR count). The molecular formula is C22H21F4N3O. The summed E-state index contributed by atoms with van der Waals surface area (Å²) < 4.78 is 54.5. The van der Waals surface area contributed by atoms with Crippen LogP contribution in [0.4, 0.5) is 23.2 Å². The zero-order valence-electron chi connectivity index (χ0n) is 16.4. The highest BCUT2D eigenvalue weighted by molar-refractivity contribution is 6.04. The smallest absolute Gasteiger partial charge is 0.322 e. The Morgan fingerprint density at radius 1 is 1.13 bits per heavy atom. The molecule has 158 valence electrons. The molecule has 1 amide bonds. The molecule has 0 aliphatic carbocycles. The average molecular weight is 419 g/mol. The van der Waals surface area contributed by atoms with E-state index in [1.165, 1.54) is 24.3 Å². The fourth-order valence-electron chi connectivity index (χ4n) is 3.28. The van der Waals surface area contributed by atoms with Crippen LogP contribution in [0.3, 0.4) is 0 Å². The monoisotopic (exact) mass is 419 g/mol. The van der Waals surface area contributed by atoms with Gasteiger partial charge >= 0.3 is 6.18 Å². The zero-order chi connectivity index (χ0) is 21.9. The Hall–Kier alpha value is -2.89. The number of terminal acetylenes is 1. The molecule has 0 aromatic heterocycles. The molecule has 0 saturated carbocycles. The number of hydrogen-bond acceptors (Lipinski definition) is 3. The van der Waals surface area contributed by atoms with Crippen molar-refractivity contribution in [3.05, 3.63) is 64.5 Å². The third-order valence-electron chi connectivity index (χ3n) is 5.05. The van der Waals surface area contributed by atoms with Crippen LogP contribution in [-0.4, -0.2) is 48.9 Å². The Kier molecular flexibility index (Phi) is 6.44. The van der Waals surface area contributed by atoms with Crippen molar-refractivity contribution in [2.45, 2.75) is 12.7 Å². The number of piperazine rings is 1. The first-order chi connectivity index (χ1) is 14.2. The van der Waals surface area contributed by atoms with E-state index in [2.05, 4.69) is 16.1 Å². The van der Waals surface area contributed by atoms with E-state index in [0.717, 1.165) is 25.2 Å².